The number of aliphatic hydroxyl groups excluding tert-OH is 5. The van der Waals surface area contributed by atoms with Crippen LogP contribution in [0.1, 0.15) is 82.0 Å². The van der Waals surface area contributed by atoms with E-state index in [2.05, 4.69) is 4.89 Å². The van der Waals surface area contributed by atoms with Gasteiger partial charge in [-0.3, -0.25) is 4.89 Å². The molecule has 2 heterocycles. The van der Waals surface area contributed by atoms with E-state index in [-0.39, 0.29) is 23.8 Å². The van der Waals surface area contributed by atoms with E-state index < -0.39 is 98.3 Å². The summed E-state index contributed by atoms with van der Waals surface area (Å²) < 4.78 is 36.6. The van der Waals surface area contributed by atoms with Gasteiger partial charge in [-0.25, -0.2) is 9.59 Å². The largest absolute Gasteiger partial charge is 0.450 e. The lowest BCUT2D eigenvalue weighted by Gasteiger charge is -2.47. The lowest BCUT2D eigenvalue weighted by molar-refractivity contribution is -0.348. The molecule has 0 amide bonds. The topological polar surface area (TPSA) is 220 Å². The third-order valence-corrected chi connectivity index (χ3v) is 10.5. The first-order chi connectivity index (χ1) is 24.0. The zero-order valence-electron chi connectivity index (χ0n) is 28.5. The molecular weight excluding hydrogens is 660 g/mol. The molecule has 0 spiro atoms. The predicted octanol–water partition coefficient (Wildman–Crippen LogP) is 1.45. The van der Waals surface area contributed by atoms with Gasteiger partial charge < -0.3 is 54.0 Å². The number of rotatable bonds is 12. The van der Waals surface area contributed by atoms with E-state index >= 15 is 0 Å². The number of benzene rings is 1. The first-order valence-electron chi connectivity index (χ1n) is 17.7. The first-order valence-corrected chi connectivity index (χ1v) is 17.7. The van der Waals surface area contributed by atoms with Crippen LogP contribution in [0.4, 0.5) is 0 Å². The van der Waals surface area contributed by atoms with Crippen LogP contribution in [0, 0.1) is 11.8 Å². The zero-order chi connectivity index (χ0) is 35.9. The molecule has 4 aliphatic rings. The van der Waals surface area contributed by atoms with Crippen LogP contribution >= 0.6 is 0 Å². The van der Waals surface area contributed by atoms with E-state index in [9.17, 15) is 40.4 Å². The Balaban J connectivity index is 1.43. The second kappa shape index (κ2) is 18.0. The van der Waals surface area contributed by atoms with Crippen molar-refractivity contribution in [1.82, 2.24) is 0 Å². The molecule has 2 saturated heterocycles. The van der Waals surface area contributed by atoms with Crippen LogP contribution < -0.4 is 0 Å². The summed E-state index contributed by atoms with van der Waals surface area (Å²) in [6.45, 7) is 2.78. The number of hydrogen-bond acceptors (Lipinski definition) is 15. The summed E-state index contributed by atoms with van der Waals surface area (Å²) in [6, 6.07) is 8.09. The fourth-order valence-electron chi connectivity index (χ4n) is 7.54. The molecule has 1 aromatic rings. The molecule has 15 heteroatoms. The summed E-state index contributed by atoms with van der Waals surface area (Å²) in [6.07, 6.45) is -10.0. The lowest BCUT2D eigenvalue weighted by Crippen LogP contribution is -2.64. The fourth-order valence-corrected chi connectivity index (χ4v) is 7.54. The molecule has 4 fully saturated rings. The molecule has 5 rings (SSSR count). The van der Waals surface area contributed by atoms with E-state index in [0.29, 0.717) is 12.8 Å². The molecule has 6 N–H and O–H groups in total. The summed E-state index contributed by atoms with van der Waals surface area (Å²) in [5.41, 5.74) is 0.183. The Labute approximate surface area is 291 Å². The van der Waals surface area contributed by atoms with E-state index in [0.717, 1.165) is 38.5 Å². The molecule has 0 bridgehead atoms. The number of ether oxygens (including phenoxy) is 6. The summed E-state index contributed by atoms with van der Waals surface area (Å²) in [4.78, 5) is 30.4. The minimum absolute atomic E-state index is 0.0807. The van der Waals surface area contributed by atoms with Crippen molar-refractivity contribution in [3.05, 3.63) is 35.9 Å². The van der Waals surface area contributed by atoms with E-state index in [4.69, 9.17) is 28.4 Å². The standard InChI is InChI=1S/C35H52O15/c1-18-10-9-15-22(29(18)49-34-28(40)27(39)25(37)19(2)44-34)46-35-31(48-32(41)21-13-7-4-8-14-21)30(26(38)24(17-36)47-35)45-23(33(42)50-43)16-20-11-5-3-6-12-20/h4,7-8,13-14,18-20,22-31,34-40,43H,3,5-6,9-12,15-17H2,1-2H3/t18?,19?,22?,23-,24?,25?,26?,27?,28?,29?,30?,31?,34?,35?/m0/s1. The van der Waals surface area contributed by atoms with Crippen LogP contribution in [-0.4, -0.2) is 129 Å². The van der Waals surface area contributed by atoms with Crippen molar-refractivity contribution in [3.63, 3.8) is 0 Å². The Bertz CT molecular complexity index is 1210. The normalized spacial score (nSPS) is 39.0. The van der Waals surface area contributed by atoms with Crippen LogP contribution in [-0.2, 0) is 38.1 Å². The Hall–Kier alpha value is -2.28. The SMILES string of the molecule is CC1CCCC(OC2OC(CO)C(O)C(O[C@@H](CC3CCCCC3)C(=O)OO)C2OC(=O)c2ccccc2)C1OC1OC(C)C(O)C(O)C1O. The number of carbonyl (C=O) groups is 2. The van der Waals surface area contributed by atoms with Gasteiger partial charge in [0.05, 0.1) is 30.5 Å². The smallest absolute Gasteiger partial charge is 0.370 e. The molecular formula is C35H52O15. The molecule has 13 unspecified atom stereocenters. The Morgan fingerprint density at radius 1 is 0.800 bits per heavy atom. The third kappa shape index (κ3) is 9.19. The van der Waals surface area contributed by atoms with Crippen LogP contribution in [0.25, 0.3) is 0 Å². The average Bonchev–Trinajstić information content (AvgIpc) is 3.13. The predicted molar refractivity (Wildman–Crippen MR) is 171 cm³/mol. The van der Waals surface area contributed by atoms with Crippen molar-refractivity contribution in [1.29, 1.82) is 0 Å². The average molecular weight is 713 g/mol. The van der Waals surface area contributed by atoms with Crippen LogP contribution in [0.2, 0.25) is 0 Å². The monoisotopic (exact) mass is 712 g/mol. The summed E-state index contributed by atoms with van der Waals surface area (Å²) in [5.74, 6) is -1.95. The highest BCUT2D eigenvalue weighted by molar-refractivity contribution is 5.89. The molecule has 15 nitrogen and oxygen atoms in total. The Kier molecular flexibility index (Phi) is 14.0. The highest BCUT2D eigenvalue weighted by Gasteiger charge is 2.53. The summed E-state index contributed by atoms with van der Waals surface area (Å²) in [7, 11) is 0. The Morgan fingerprint density at radius 2 is 1.52 bits per heavy atom. The van der Waals surface area contributed by atoms with Crippen molar-refractivity contribution in [2.24, 2.45) is 11.8 Å². The van der Waals surface area contributed by atoms with Crippen molar-refractivity contribution in [3.8, 4) is 0 Å². The molecule has 1 aromatic carbocycles. The Morgan fingerprint density at radius 3 is 2.20 bits per heavy atom. The molecule has 14 atom stereocenters. The van der Waals surface area contributed by atoms with Crippen molar-refractivity contribution in [2.45, 2.75) is 151 Å². The van der Waals surface area contributed by atoms with Crippen molar-refractivity contribution >= 4 is 11.9 Å². The molecule has 0 radical (unpaired) electrons. The fraction of sp³-hybridized carbons (Fsp3) is 0.771. The maximum atomic E-state index is 13.5. The number of carbonyl (C=O) groups excluding carboxylic acids is 2. The molecule has 50 heavy (non-hydrogen) atoms. The summed E-state index contributed by atoms with van der Waals surface area (Å²) >= 11 is 0. The van der Waals surface area contributed by atoms with Crippen molar-refractivity contribution < 1.29 is 73.7 Å². The maximum Gasteiger partial charge on any atom is 0.370 e. The molecule has 282 valence electrons. The third-order valence-electron chi connectivity index (χ3n) is 10.5. The highest BCUT2D eigenvalue weighted by Crippen LogP contribution is 2.37. The van der Waals surface area contributed by atoms with Gasteiger partial charge in [-0.05, 0) is 50.2 Å². The minimum Gasteiger partial charge on any atom is -0.450 e. The van der Waals surface area contributed by atoms with E-state index in [1.165, 1.54) is 12.1 Å². The van der Waals surface area contributed by atoms with Crippen LogP contribution in [0.15, 0.2) is 30.3 Å². The second-order valence-electron chi connectivity index (χ2n) is 14.1. The molecule has 2 aliphatic heterocycles. The quantitative estimate of drug-likeness (QED) is 0.103. The number of hydrogen-bond donors (Lipinski definition) is 6. The van der Waals surface area contributed by atoms with Gasteiger partial charge >= 0.3 is 11.9 Å². The van der Waals surface area contributed by atoms with Gasteiger partial charge in [-0.2, -0.15) is 5.26 Å². The van der Waals surface area contributed by atoms with Crippen LogP contribution in [0.5, 0.6) is 0 Å². The van der Waals surface area contributed by atoms with Gasteiger partial charge in [0.25, 0.3) is 0 Å². The molecule has 2 saturated carbocycles. The van der Waals surface area contributed by atoms with Crippen LogP contribution in [0.3, 0.4) is 0 Å². The maximum absolute atomic E-state index is 13.5. The van der Waals surface area contributed by atoms with E-state index in [1.807, 2.05) is 6.92 Å². The van der Waals surface area contributed by atoms with Gasteiger partial charge in [0.1, 0.15) is 36.6 Å². The number of esters is 1. The summed E-state index contributed by atoms with van der Waals surface area (Å²) in [5, 5.41) is 62.3. The molecule has 2 aliphatic carbocycles. The lowest BCUT2D eigenvalue weighted by atomic mass is 9.85. The number of aliphatic hydroxyl groups is 5. The van der Waals surface area contributed by atoms with Gasteiger partial charge in [-0.1, -0.05) is 63.6 Å². The van der Waals surface area contributed by atoms with E-state index in [1.54, 1.807) is 25.1 Å². The highest BCUT2D eigenvalue weighted by atomic mass is 17.1. The van der Waals surface area contributed by atoms with Gasteiger partial charge in [0, 0.05) is 0 Å². The second-order valence-corrected chi connectivity index (χ2v) is 14.1. The molecule has 0 aromatic heterocycles. The first kappa shape index (κ1) is 38.9. The van der Waals surface area contributed by atoms with Gasteiger partial charge in [-0.15, -0.1) is 0 Å². The zero-order valence-corrected chi connectivity index (χ0v) is 28.5. The van der Waals surface area contributed by atoms with Gasteiger partial charge in [0.15, 0.2) is 24.8 Å². The minimum atomic E-state index is -1.61. The van der Waals surface area contributed by atoms with Gasteiger partial charge in [0.2, 0.25) is 0 Å². The van der Waals surface area contributed by atoms with Crippen molar-refractivity contribution in [2.75, 3.05) is 6.61 Å².